The molecule has 21 heavy (non-hydrogen) atoms. The number of piperidine rings is 1. The first-order valence-electron chi connectivity index (χ1n) is 8.12. The van der Waals surface area contributed by atoms with Crippen LogP contribution in [-0.2, 0) is 11.3 Å². The number of likely N-dealkylation sites (tertiary alicyclic amines) is 1. The lowest BCUT2D eigenvalue weighted by molar-refractivity contribution is -0.144. The predicted molar refractivity (Wildman–Crippen MR) is 82.0 cm³/mol. The maximum atomic E-state index is 12.6. The Morgan fingerprint density at radius 3 is 2.71 bits per heavy atom. The van der Waals surface area contributed by atoms with Gasteiger partial charge >= 0.3 is 0 Å². The molecule has 0 spiro atoms. The second-order valence-corrected chi connectivity index (χ2v) is 6.84. The van der Waals surface area contributed by atoms with Gasteiger partial charge in [0.2, 0.25) is 5.91 Å². The van der Waals surface area contributed by atoms with Crippen LogP contribution in [0.15, 0.2) is 12.1 Å². The molecular weight excluding hydrogens is 264 g/mol. The second kappa shape index (κ2) is 5.48. The van der Waals surface area contributed by atoms with Crippen LogP contribution in [0.1, 0.15) is 43.5 Å². The number of fused-ring (bicyclic) bond motifs is 1. The summed E-state index contributed by atoms with van der Waals surface area (Å²) in [6.45, 7) is 5.93. The van der Waals surface area contributed by atoms with Gasteiger partial charge in [-0.2, -0.15) is 0 Å². The van der Waals surface area contributed by atoms with E-state index >= 15 is 0 Å². The Hall–Kier alpha value is -1.29. The monoisotopic (exact) mass is 290 g/mol. The van der Waals surface area contributed by atoms with Gasteiger partial charge in [0, 0.05) is 30.4 Å². The van der Waals surface area contributed by atoms with E-state index < -0.39 is 5.60 Å². The van der Waals surface area contributed by atoms with E-state index in [1.807, 2.05) is 18.7 Å². The Morgan fingerprint density at radius 1 is 1.29 bits per heavy atom. The highest BCUT2D eigenvalue weighted by atomic mass is 16.3. The van der Waals surface area contributed by atoms with Crippen LogP contribution in [0.2, 0.25) is 0 Å². The zero-order valence-corrected chi connectivity index (χ0v) is 13.1. The number of rotatable bonds is 2. The molecule has 3 rings (SSSR count). The van der Waals surface area contributed by atoms with Gasteiger partial charge in [-0.1, -0.05) is 12.8 Å². The van der Waals surface area contributed by atoms with Gasteiger partial charge in [0.15, 0.2) is 0 Å². The highest BCUT2D eigenvalue weighted by molar-refractivity contribution is 5.76. The van der Waals surface area contributed by atoms with Crippen LogP contribution in [-0.4, -0.2) is 39.2 Å². The van der Waals surface area contributed by atoms with Crippen molar-refractivity contribution in [3.8, 4) is 0 Å². The number of aromatic nitrogens is 1. The van der Waals surface area contributed by atoms with Crippen molar-refractivity contribution in [1.29, 1.82) is 0 Å². The fourth-order valence-corrected chi connectivity index (χ4v) is 3.98. The maximum Gasteiger partial charge on any atom is 0.242 e. The second-order valence-electron chi connectivity index (χ2n) is 6.84. The van der Waals surface area contributed by atoms with Crippen LogP contribution in [0.25, 0.3) is 0 Å². The largest absolute Gasteiger partial charge is 0.389 e. The Morgan fingerprint density at radius 2 is 2.00 bits per heavy atom. The standard InChI is InChI=1S/C17H26N2O2/c1-13-6-7-14(2)19(13)12-16(20)18-10-9-17(21)8-4-3-5-15(17)11-18/h6-7,15,21H,3-5,8-12H2,1-2H3. The maximum absolute atomic E-state index is 12.6. The number of hydrogen-bond acceptors (Lipinski definition) is 2. The molecule has 2 aliphatic rings. The summed E-state index contributed by atoms with van der Waals surface area (Å²) in [7, 11) is 0. The third-order valence-electron chi connectivity index (χ3n) is 5.49. The van der Waals surface area contributed by atoms with Gasteiger partial charge in [0.05, 0.1) is 5.60 Å². The molecule has 1 saturated heterocycles. The van der Waals surface area contributed by atoms with Crippen LogP contribution >= 0.6 is 0 Å². The Balaban J connectivity index is 1.66. The van der Waals surface area contributed by atoms with Gasteiger partial charge in [-0.05, 0) is 45.2 Å². The molecule has 116 valence electrons. The summed E-state index contributed by atoms with van der Waals surface area (Å²) in [6.07, 6.45) is 5.03. The van der Waals surface area contributed by atoms with Crippen molar-refractivity contribution >= 4 is 5.91 Å². The Labute approximate surface area is 126 Å². The number of aryl methyl sites for hydroxylation is 2. The first-order valence-corrected chi connectivity index (χ1v) is 8.12. The molecule has 2 fully saturated rings. The fraction of sp³-hybridized carbons (Fsp3) is 0.706. The van der Waals surface area contributed by atoms with Gasteiger partial charge in [-0.15, -0.1) is 0 Å². The van der Waals surface area contributed by atoms with Gasteiger partial charge in [0.25, 0.3) is 0 Å². The summed E-state index contributed by atoms with van der Waals surface area (Å²) >= 11 is 0. The molecule has 2 heterocycles. The van der Waals surface area contributed by atoms with E-state index in [-0.39, 0.29) is 11.8 Å². The lowest BCUT2D eigenvalue weighted by Crippen LogP contribution is -2.55. The fourth-order valence-electron chi connectivity index (χ4n) is 3.98. The summed E-state index contributed by atoms with van der Waals surface area (Å²) in [4.78, 5) is 14.5. The average Bonchev–Trinajstić information content (AvgIpc) is 2.78. The third-order valence-corrected chi connectivity index (χ3v) is 5.49. The molecule has 1 saturated carbocycles. The van der Waals surface area contributed by atoms with E-state index in [1.54, 1.807) is 0 Å². The Kier molecular flexibility index (Phi) is 3.82. The van der Waals surface area contributed by atoms with Crippen molar-refractivity contribution in [1.82, 2.24) is 9.47 Å². The Bertz CT molecular complexity index is 517. The highest BCUT2D eigenvalue weighted by Gasteiger charge is 2.43. The van der Waals surface area contributed by atoms with Crippen LogP contribution in [0.3, 0.4) is 0 Å². The number of nitrogens with zero attached hydrogens (tertiary/aromatic N) is 2. The van der Waals surface area contributed by atoms with Gasteiger partial charge in [-0.25, -0.2) is 0 Å². The van der Waals surface area contributed by atoms with E-state index in [1.165, 1.54) is 6.42 Å². The molecule has 4 nitrogen and oxygen atoms in total. The van der Waals surface area contributed by atoms with Gasteiger partial charge < -0.3 is 14.6 Å². The number of hydrogen-bond donors (Lipinski definition) is 1. The average molecular weight is 290 g/mol. The van der Waals surface area contributed by atoms with Crippen LogP contribution in [0.4, 0.5) is 0 Å². The summed E-state index contributed by atoms with van der Waals surface area (Å²) in [5.41, 5.74) is 1.76. The third kappa shape index (κ3) is 2.73. The van der Waals surface area contributed by atoms with Gasteiger partial charge in [-0.3, -0.25) is 4.79 Å². The minimum absolute atomic E-state index is 0.185. The number of aliphatic hydroxyl groups is 1. The zero-order chi connectivity index (χ0) is 15.0. The normalized spacial score (nSPS) is 29.3. The van der Waals surface area contributed by atoms with Crippen molar-refractivity contribution < 1.29 is 9.90 Å². The van der Waals surface area contributed by atoms with E-state index in [4.69, 9.17) is 0 Å². The molecule has 0 radical (unpaired) electrons. The zero-order valence-electron chi connectivity index (χ0n) is 13.1. The van der Waals surface area contributed by atoms with E-state index in [0.717, 1.165) is 43.6 Å². The molecule has 1 amide bonds. The van der Waals surface area contributed by atoms with Crippen molar-refractivity contribution in [3.63, 3.8) is 0 Å². The van der Waals surface area contributed by atoms with Gasteiger partial charge in [0.1, 0.15) is 6.54 Å². The molecule has 0 bridgehead atoms. The summed E-state index contributed by atoms with van der Waals surface area (Å²) in [5.74, 6) is 0.459. The lowest BCUT2D eigenvalue weighted by atomic mass is 9.71. The topological polar surface area (TPSA) is 45.5 Å². The molecule has 1 aromatic rings. The van der Waals surface area contributed by atoms with Crippen LogP contribution in [0, 0.1) is 19.8 Å². The van der Waals surface area contributed by atoms with Crippen molar-refractivity contribution in [2.24, 2.45) is 5.92 Å². The molecular formula is C17H26N2O2. The first-order chi connectivity index (χ1) is 9.99. The molecule has 2 atom stereocenters. The smallest absolute Gasteiger partial charge is 0.242 e. The molecule has 1 N–H and O–H groups in total. The molecule has 4 heteroatoms. The number of carbonyl (C=O) groups is 1. The van der Waals surface area contributed by atoms with Crippen LogP contribution in [0.5, 0.6) is 0 Å². The minimum atomic E-state index is -0.506. The molecule has 1 aromatic heterocycles. The quantitative estimate of drug-likeness (QED) is 0.908. The molecule has 2 unspecified atom stereocenters. The van der Waals surface area contributed by atoms with Crippen molar-refractivity contribution in [2.45, 2.75) is 58.1 Å². The molecule has 1 aliphatic heterocycles. The summed E-state index contributed by atoms with van der Waals surface area (Å²) in [6, 6.07) is 4.11. The predicted octanol–water partition coefficient (Wildman–Crippen LogP) is 2.26. The van der Waals surface area contributed by atoms with Crippen molar-refractivity contribution in [2.75, 3.05) is 13.1 Å². The molecule has 1 aliphatic carbocycles. The van der Waals surface area contributed by atoms with E-state index in [9.17, 15) is 9.90 Å². The number of amides is 1. The number of carbonyl (C=O) groups excluding carboxylic acids is 1. The lowest BCUT2D eigenvalue weighted by Gasteiger charge is -2.47. The summed E-state index contributed by atoms with van der Waals surface area (Å²) < 4.78 is 2.07. The van der Waals surface area contributed by atoms with Crippen molar-refractivity contribution in [3.05, 3.63) is 23.5 Å². The van der Waals surface area contributed by atoms with E-state index in [0.29, 0.717) is 13.1 Å². The SMILES string of the molecule is Cc1ccc(C)n1CC(=O)N1CCC2(O)CCCCC2C1. The first kappa shape index (κ1) is 14.6. The highest BCUT2D eigenvalue weighted by Crippen LogP contribution is 2.39. The summed E-state index contributed by atoms with van der Waals surface area (Å²) in [5, 5.41) is 10.7. The van der Waals surface area contributed by atoms with E-state index in [2.05, 4.69) is 16.7 Å². The van der Waals surface area contributed by atoms with Crippen LogP contribution < -0.4 is 0 Å². The minimum Gasteiger partial charge on any atom is -0.389 e. The molecule has 0 aromatic carbocycles.